The lowest BCUT2D eigenvalue weighted by Crippen LogP contribution is -2.31. The summed E-state index contributed by atoms with van der Waals surface area (Å²) in [4.78, 5) is 22.7. The number of hydrogen-bond acceptors (Lipinski definition) is 3. The molecule has 1 aliphatic carbocycles. The van der Waals surface area contributed by atoms with E-state index in [0.717, 1.165) is 6.42 Å². The highest BCUT2D eigenvalue weighted by molar-refractivity contribution is 6.53. The molecule has 0 heterocycles. The Balaban J connectivity index is 2.29. The van der Waals surface area contributed by atoms with E-state index in [1.54, 1.807) is 6.92 Å². The number of hydrogen-bond donors (Lipinski definition) is 1. The maximum Gasteiger partial charge on any atom is 0.315 e. The first-order valence-electron chi connectivity index (χ1n) is 5.15. The van der Waals surface area contributed by atoms with Gasteiger partial charge in [0.25, 0.3) is 5.91 Å². The standard InChI is InChI=1S/C10H15Cl2NO3/c1-3-4-13-7(14)5-16-8(15)9(2)6-10(9,11)12/h3-6H2,1-2H3,(H,13,14). The van der Waals surface area contributed by atoms with Crippen LogP contribution in [0.25, 0.3) is 0 Å². The van der Waals surface area contributed by atoms with Crippen LogP contribution in [-0.4, -0.2) is 29.4 Å². The van der Waals surface area contributed by atoms with Crippen molar-refractivity contribution in [2.24, 2.45) is 5.41 Å². The number of rotatable bonds is 5. The SMILES string of the molecule is CCCNC(=O)COC(=O)C1(C)CC1(Cl)Cl. The number of esters is 1. The predicted octanol–water partition coefficient (Wildman–Crippen LogP) is 1.64. The molecule has 1 atom stereocenters. The Morgan fingerprint density at radius 3 is 2.44 bits per heavy atom. The molecule has 1 N–H and O–H groups in total. The summed E-state index contributed by atoms with van der Waals surface area (Å²) in [5, 5.41) is 2.60. The Morgan fingerprint density at radius 2 is 2.00 bits per heavy atom. The van der Waals surface area contributed by atoms with Gasteiger partial charge in [0.05, 0.1) is 0 Å². The lowest BCUT2D eigenvalue weighted by atomic mass is 10.1. The molecular weight excluding hydrogens is 253 g/mol. The van der Waals surface area contributed by atoms with Gasteiger partial charge in [-0.1, -0.05) is 6.92 Å². The van der Waals surface area contributed by atoms with Crippen molar-refractivity contribution in [2.45, 2.75) is 31.0 Å². The molecule has 0 aromatic carbocycles. The molecule has 0 aliphatic heterocycles. The Morgan fingerprint density at radius 1 is 1.44 bits per heavy atom. The van der Waals surface area contributed by atoms with E-state index in [-0.39, 0.29) is 12.5 Å². The summed E-state index contributed by atoms with van der Waals surface area (Å²) in [6.45, 7) is 3.85. The number of carbonyl (C=O) groups is 2. The molecule has 16 heavy (non-hydrogen) atoms. The van der Waals surface area contributed by atoms with Crippen molar-refractivity contribution in [3.63, 3.8) is 0 Å². The number of amides is 1. The van der Waals surface area contributed by atoms with Gasteiger partial charge in [-0.15, -0.1) is 23.2 Å². The molecule has 1 fully saturated rings. The molecule has 0 bridgehead atoms. The average molecular weight is 268 g/mol. The Labute approximate surface area is 105 Å². The molecule has 4 nitrogen and oxygen atoms in total. The minimum Gasteiger partial charge on any atom is -0.455 e. The maximum atomic E-state index is 11.5. The fourth-order valence-corrected chi connectivity index (χ4v) is 1.92. The first-order chi connectivity index (χ1) is 7.33. The van der Waals surface area contributed by atoms with Crippen LogP contribution in [0.2, 0.25) is 0 Å². The summed E-state index contributed by atoms with van der Waals surface area (Å²) in [6.07, 6.45) is 1.20. The first-order valence-corrected chi connectivity index (χ1v) is 5.91. The van der Waals surface area contributed by atoms with Crippen LogP contribution < -0.4 is 5.32 Å². The van der Waals surface area contributed by atoms with Gasteiger partial charge in [0, 0.05) is 13.0 Å². The van der Waals surface area contributed by atoms with E-state index in [1.807, 2.05) is 6.92 Å². The number of carbonyl (C=O) groups excluding carboxylic acids is 2. The Bertz CT molecular complexity index is 306. The highest BCUT2D eigenvalue weighted by Gasteiger charge is 2.69. The second kappa shape index (κ2) is 4.80. The summed E-state index contributed by atoms with van der Waals surface area (Å²) in [7, 11) is 0. The van der Waals surface area contributed by atoms with Crippen LogP contribution in [0.4, 0.5) is 0 Å². The molecule has 1 unspecified atom stereocenters. The maximum absolute atomic E-state index is 11.5. The smallest absolute Gasteiger partial charge is 0.315 e. The van der Waals surface area contributed by atoms with Gasteiger partial charge in [0.2, 0.25) is 0 Å². The molecule has 0 saturated heterocycles. The molecule has 0 aromatic heterocycles. The van der Waals surface area contributed by atoms with Crippen molar-refractivity contribution in [3.05, 3.63) is 0 Å². The molecule has 92 valence electrons. The third-order valence-electron chi connectivity index (χ3n) is 2.61. The van der Waals surface area contributed by atoms with Gasteiger partial charge < -0.3 is 10.1 Å². The van der Waals surface area contributed by atoms with Crippen molar-refractivity contribution in [1.29, 1.82) is 0 Å². The first kappa shape index (κ1) is 13.6. The third-order valence-corrected chi connectivity index (χ3v) is 3.72. The fraction of sp³-hybridized carbons (Fsp3) is 0.800. The van der Waals surface area contributed by atoms with Crippen LogP contribution in [0.3, 0.4) is 0 Å². The second-order valence-electron chi connectivity index (χ2n) is 4.14. The highest BCUT2D eigenvalue weighted by Crippen LogP contribution is 2.64. The molecule has 0 spiro atoms. The minimum absolute atomic E-state index is 0.279. The lowest BCUT2D eigenvalue weighted by Gasteiger charge is -2.11. The molecular formula is C10H15Cl2NO3. The summed E-state index contributed by atoms with van der Waals surface area (Å²) in [6, 6.07) is 0. The molecule has 1 aliphatic rings. The van der Waals surface area contributed by atoms with Gasteiger partial charge in [0.1, 0.15) is 9.75 Å². The Hall–Kier alpha value is -0.480. The van der Waals surface area contributed by atoms with Crippen molar-refractivity contribution >= 4 is 35.1 Å². The highest BCUT2D eigenvalue weighted by atomic mass is 35.5. The molecule has 6 heteroatoms. The van der Waals surface area contributed by atoms with Gasteiger partial charge in [-0.25, -0.2) is 0 Å². The van der Waals surface area contributed by atoms with Gasteiger partial charge in [-0.3, -0.25) is 9.59 Å². The summed E-state index contributed by atoms with van der Waals surface area (Å²) < 4.78 is 3.79. The second-order valence-corrected chi connectivity index (χ2v) is 5.62. The third kappa shape index (κ3) is 2.80. The van der Waals surface area contributed by atoms with E-state index in [0.29, 0.717) is 13.0 Å². The molecule has 0 radical (unpaired) electrons. The predicted molar refractivity (Wildman–Crippen MR) is 61.4 cm³/mol. The summed E-state index contributed by atoms with van der Waals surface area (Å²) >= 11 is 11.6. The minimum atomic E-state index is -1.05. The molecule has 1 saturated carbocycles. The molecule has 0 aromatic rings. The Kier molecular flexibility index (Phi) is 4.07. The summed E-state index contributed by atoms with van der Waals surface area (Å²) in [5.74, 6) is -0.835. The van der Waals surface area contributed by atoms with Crippen LogP contribution in [0.15, 0.2) is 0 Å². The quantitative estimate of drug-likeness (QED) is 0.609. The van der Waals surface area contributed by atoms with Crippen molar-refractivity contribution in [2.75, 3.05) is 13.2 Å². The van der Waals surface area contributed by atoms with Crippen molar-refractivity contribution in [3.8, 4) is 0 Å². The topological polar surface area (TPSA) is 55.4 Å². The summed E-state index contributed by atoms with van der Waals surface area (Å²) in [5.41, 5.74) is -0.874. The van der Waals surface area contributed by atoms with Crippen LogP contribution >= 0.6 is 23.2 Å². The monoisotopic (exact) mass is 267 g/mol. The fourth-order valence-electron chi connectivity index (χ4n) is 1.23. The molecule has 1 rings (SSSR count). The number of alkyl halides is 2. The zero-order chi connectivity index (χ0) is 12.4. The zero-order valence-corrected chi connectivity index (χ0v) is 10.8. The van der Waals surface area contributed by atoms with Crippen LogP contribution in [0.1, 0.15) is 26.7 Å². The van der Waals surface area contributed by atoms with E-state index in [1.165, 1.54) is 0 Å². The van der Waals surface area contributed by atoms with Gasteiger partial charge >= 0.3 is 5.97 Å². The molecule has 1 amide bonds. The van der Waals surface area contributed by atoms with Gasteiger partial charge in [-0.2, -0.15) is 0 Å². The van der Waals surface area contributed by atoms with E-state index >= 15 is 0 Å². The largest absolute Gasteiger partial charge is 0.455 e. The lowest BCUT2D eigenvalue weighted by molar-refractivity contribution is -0.153. The van der Waals surface area contributed by atoms with Crippen LogP contribution in [0.5, 0.6) is 0 Å². The number of ether oxygens (including phenoxy) is 1. The number of halogens is 2. The number of nitrogens with one attached hydrogen (secondary N) is 1. The van der Waals surface area contributed by atoms with Crippen LogP contribution in [0, 0.1) is 5.41 Å². The average Bonchev–Trinajstić information content (AvgIpc) is 2.73. The van der Waals surface area contributed by atoms with E-state index in [2.05, 4.69) is 5.32 Å². The zero-order valence-electron chi connectivity index (χ0n) is 9.31. The van der Waals surface area contributed by atoms with Crippen LogP contribution in [-0.2, 0) is 14.3 Å². The van der Waals surface area contributed by atoms with E-state index < -0.39 is 15.7 Å². The van der Waals surface area contributed by atoms with E-state index in [4.69, 9.17) is 27.9 Å². The van der Waals surface area contributed by atoms with Crippen molar-refractivity contribution < 1.29 is 14.3 Å². The van der Waals surface area contributed by atoms with Gasteiger partial charge in [0.15, 0.2) is 6.61 Å². The normalized spacial score (nSPS) is 26.0. The van der Waals surface area contributed by atoms with Crippen molar-refractivity contribution in [1.82, 2.24) is 5.32 Å². The van der Waals surface area contributed by atoms with Gasteiger partial charge in [-0.05, 0) is 13.3 Å². The van der Waals surface area contributed by atoms with E-state index in [9.17, 15) is 9.59 Å².